The standard InChI is InChI=1S/C21H28N2O4S/c1-6-15(2)20(16-10-8-7-9-11-16)21(24)22-17-12-13-18(27-5)19(14-17)28(25,26)23(3)4/h7-15,20H,6H2,1-5H3,(H,22,24). The molecule has 0 spiro atoms. The molecule has 0 aliphatic rings. The van der Waals surface area contributed by atoms with Crippen LogP contribution in [0.4, 0.5) is 5.69 Å². The molecule has 0 aliphatic heterocycles. The van der Waals surface area contributed by atoms with Crippen molar-refractivity contribution in [3.63, 3.8) is 0 Å². The molecule has 6 nitrogen and oxygen atoms in total. The van der Waals surface area contributed by atoms with E-state index in [-0.39, 0.29) is 28.4 Å². The first-order chi connectivity index (χ1) is 13.2. The molecule has 152 valence electrons. The molecule has 1 amide bonds. The molecular weight excluding hydrogens is 376 g/mol. The number of hydrogen-bond donors (Lipinski definition) is 1. The van der Waals surface area contributed by atoms with E-state index in [4.69, 9.17) is 4.74 Å². The Morgan fingerprint density at radius 1 is 1.14 bits per heavy atom. The van der Waals surface area contributed by atoms with Crippen molar-refractivity contribution in [2.24, 2.45) is 5.92 Å². The second kappa shape index (κ2) is 9.21. The van der Waals surface area contributed by atoms with Gasteiger partial charge in [0.2, 0.25) is 15.9 Å². The van der Waals surface area contributed by atoms with Crippen molar-refractivity contribution in [2.45, 2.75) is 31.1 Å². The van der Waals surface area contributed by atoms with Crippen LogP contribution in [0.25, 0.3) is 0 Å². The van der Waals surface area contributed by atoms with Gasteiger partial charge in [0.1, 0.15) is 10.6 Å². The maximum Gasteiger partial charge on any atom is 0.246 e. The highest BCUT2D eigenvalue weighted by molar-refractivity contribution is 7.89. The molecule has 0 saturated carbocycles. The van der Waals surface area contributed by atoms with Crippen molar-refractivity contribution >= 4 is 21.6 Å². The zero-order valence-corrected chi connectivity index (χ0v) is 17.8. The molecule has 7 heteroatoms. The highest BCUT2D eigenvalue weighted by Crippen LogP contribution is 2.31. The van der Waals surface area contributed by atoms with Gasteiger partial charge in [-0.25, -0.2) is 12.7 Å². The summed E-state index contributed by atoms with van der Waals surface area (Å²) in [5.41, 5.74) is 1.35. The van der Waals surface area contributed by atoms with Gasteiger partial charge in [0.15, 0.2) is 0 Å². The van der Waals surface area contributed by atoms with Gasteiger partial charge in [-0.3, -0.25) is 4.79 Å². The molecule has 2 atom stereocenters. The Kier molecular flexibility index (Phi) is 7.21. The molecule has 28 heavy (non-hydrogen) atoms. The lowest BCUT2D eigenvalue weighted by atomic mass is 9.85. The normalized spacial score (nSPS) is 13.8. The second-order valence-electron chi connectivity index (χ2n) is 6.92. The molecule has 0 aliphatic carbocycles. The number of hydrogen-bond acceptors (Lipinski definition) is 4. The first kappa shape index (κ1) is 21.9. The van der Waals surface area contributed by atoms with Gasteiger partial charge in [0.25, 0.3) is 0 Å². The lowest BCUT2D eigenvalue weighted by Gasteiger charge is -2.23. The third-order valence-electron chi connectivity index (χ3n) is 4.84. The number of carbonyl (C=O) groups is 1. The topological polar surface area (TPSA) is 75.7 Å². The maximum atomic E-state index is 13.1. The summed E-state index contributed by atoms with van der Waals surface area (Å²) in [6, 6.07) is 14.2. The number of rotatable bonds is 8. The van der Waals surface area contributed by atoms with Crippen LogP contribution in [0.2, 0.25) is 0 Å². The predicted molar refractivity (Wildman–Crippen MR) is 111 cm³/mol. The van der Waals surface area contributed by atoms with E-state index >= 15 is 0 Å². The Bertz CT molecular complexity index is 911. The van der Waals surface area contributed by atoms with Crippen LogP contribution >= 0.6 is 0 Å². The average molecular weight is 405 g/mol. The van der Waals surface area contributed by atoms with Gasteiger partial charge < -0.3 is 10.1 Å². The second-order valence-corrected chi connectivity index (χ2v) is 9.04. The van der Waals surface area contributed by atoms with Crippen LogP contribution < -0.4 is 10.1 Å². The zero-order valence-electron chi connectivity index (χ0n) is 17.0. The van der Waals surface area contributed by atoms with Gasteiger partial charge in [0.05, 0.1) is 13.0 Å². The third-order valence-corrected chi connectivity index (χ3v) is 6.68. The molecule has 2 aromatic rings. The van der Waals surface area contributed by atoms with E-state index in [0.717, 1.165) is 16.3 Å². The van der Waals surface area contributed by atoms with Crippen LogP contribution in [0, 0.1) is 5.92 Å². The minimum Gasteiger partial charge on any atom is -0.495 e. The Morgan fingerprint density at radius 3 is 2.32 bits per heavy atom. The molecule has 0 aromatic heterocycles. The fourth-order valence-electron chi connectivity index (χ4n) is 3.01. The van der Waals surface area contributed by atoms with E-state index in [1.807, 2.05) is 44.2 Å². The van der Waals surface area contributed by atoms with Gasteiger partial charge in [-0.2, -0.15) is 0 Å². The third kappa shape index (κ3) is 4.72. The number of amides is 1. The smallest absolute Gasteiger partial charge is 0.246 e. The Balaban J connectivity index is 2.39. The van der Waals surface area contributed by atoms with Gasteiger partial charge in [-0.1, -0.05) is 50.6 Å². The largest absolute Gasteiger partial charge is 0.495 e. The van der Waals surface area contributed by atoms with Crippen LogP contribution in [0.5, 0.6) is 5.75 Å². The van der Waals surface area contributed by atoms with Crippen LogP contribution in [-0.4, -0.2) is 39.8 Å². The van der Waals surface area contributed by atoms with Crippen molar-refractivity contribution in [1.29, 1.82) is 0 Å². The van der Waals surface area contributed by atoms with Gasteiger partial charge in [-0.05, 0) is 29.7 Å². The van der Waals surface area contributed by atoms with Crippen molar-refractivity contribution in [1.82, 2.24) is 4.31 Å². The van der Waals surface area contributed by atoms with E-state index in [1.54, 1.807) is 12.1 Å². The molecule has 2 aromatic carbocycles. The number of sulfonamides is 1. The quantitative estimate of drug-likeness (QED) is 0.728. The summed E-state index contributed by atoms with van der Waals surface area (Å²) in [7, 11) is 0.605. The molecule has 0 bridgehead atoms. The first-order valence-corrected chi connectivity index (χ1v) is 10.6. The van der Waals surface area contributed by atoms with Gasteiger partial charge in [-0.15, -0.1) is 0 Å². The number of nitrogens with one attached hydrogen (secondary N) is 1. The van der Waals surface area contributed by atoms with E-state index in [9.17, 15) is 13.2 Å². The van der Waals surface area contributed by atoms with E-state index in [1.165, 1.54) is 27.3 Å². The summed E-state index contributed by atoms with van der Waals surface area (Å²) in [4.78, 5) is 13.1. The maximum absolute atomic E-state index is 13.1. The average Bonchev–Trinajstić information content (AvgIpc) is 2.68. The minimum absolute atomic E-state index is 0.0117. The molecule has 0 saturated heterocycles. The number of nitrogens with zero attached hydrogens (tertiary/aromatic N) is 1. The van der Waals surface area contributed by atoms with Crippen LogP contribution in [0.3, 0.4) is 0 Å². The van der Waals surface area contributed by atoms with E-state index in [0.29, 0.717) is 5.69 Å². The van der Waals surface area contributed by atoms with Crippen LogP contribution in [0.15, 0.2) is 53.4 Å². The van der Waals surface area contributed by atoms with Crippen molar-refractivity contribution in [2.75, 3.05) is 26.5 Å². The molecule has 2 rings (SSSR count). The number of benzene rings is 2. The number of methoxy groups -OCH3 is 1. The van der Waals surface area contributed by atoms with Gasteiger partial charge in [0, 0.05) is 19.8 Å². The summed E-state index contributed by atoms with van der Waals surface area (Å²) < 4.78 is 31.5. The lowest BCUT2D eigenvalue weighted by molar-refractivity contribution is -0.118. The predicted octanol–water partition coefficient (Wildman–Crippen LogP) is 3.71. The number of carbonyl (C=O) groups excluding carboxylic acids is 1. The molecule has 2 unspecified atom stereocenters. The molecule has 0 fully saturated rings. The van der Waals surface area contributed by atoms with E-state index in [2.05, 4.69) is 5.32 Å². The highest BCUT2D eigenvalue weighted by atomic mass is 32.2. The summed E-state index contributed by atoms with van der Waals surface area (Å²) in [5, 5.41) is 2.88. The summed E-state index contributed by atoms with van der Waals surface area (Å²) >= 11 is 0. The fourth-order valence-corrected chi connectivity index (χ4v) is 4.08. The summed E-state index contributed by atoms with van der Waals surface area (Å²) in [5.74, 6) is -0.139. The summed E-state index contributed by atoms with van der Waals surface area (Å²) in [6.45, 7) is 4.08. The monoisotopic (exact) mass is 404 g/mol. The van der Waals surface area contributed by atoms with Crippen molar-refractivity contribution in [3.8, 4) is 5.75 Å². The molecule has 0 heterocycles. The lowest BCUT2D eigenvalue weighted by Crippen LogP contribution is -2.26. The highest BCUT2D eigenvalue weighted by Gasteiger charge is 2.27. The van der Waals surface area contributed by atoms with Crippen LogP contribution in [0.1, 0.15) is 31.7 Å². The van der Waals surface area contributed by atoms with Crippen molar-refractivity contribution < 1.29 is 17.9 Å². The Labute approximate surface area is 167 Å². The Morgan fingerprint density at radius 2 is 1.79 bits per heavy atom. The molecule has 0 radical (unpaired) electrons. The van der Waals surface area contributed by atoms with Crippen LogP contribution in [-0.2, 0) is 14.8 Å². The van der Waals surface area contributed by atoms with E-state index < -0.39 is 10.0 Å². The number of ether oxygens (including phenoxy) is 1. The Hall–Kier alpha value is -2.38. The molecular formula is C21H28N2O4S. The zero-order chi connectivity index (χ0) is 20.9. The summed E-state index contributed by atoms with van der Waals surface area (Å²) in [6.07, 6.45) is 0.843. The molecule has 1 N–H and O–H groups in total. The first-order valence-electron chi connectivity index (χ1n) is 9.18. The fraction of sp³-hybridized carbons (Fsp3) is 0.381. The SMILES string of the molecule is CCC(C)C(C(=O)Nc1ccc(OC)c(S(=O)(=O)N(C)C)c1)c1ccccc1. The van der Waals surface area contributed by atoms with Crippen molar-refractivity contribution in [3.05, 3.63) is 54.1 Å². The van der Waals surface area contributed by atoms with Gasteiger partial charge >= 0.3 is 0 Å². The number of anilines is 1. The minimum atomic E-state index is -3.71.